The standard InChI is InChI=1S/C20H24N4O/c25-19(15-6-7-21-10-15)22-18-16-11-23-8-9-24(12-16)14-20(18,13-23)17-4-2-1-3-5-17/h1-7,10,16,18,21H,8-9,11-14H2,(H,22,25). The van der Waals surface area contributed by atoms with E-state index in [1.54, 1.807) is 12.4 Å². The van der Waals surface area contributed by atoms with Crippen molar-refractivity contribution in [3.05, 3.63) is 59.9 Å². The third-order valence-electron chi connectivity index (χ3n) is 6.29. The molecule has 5 nitrogen and oxygen atoms in total. The Hall–Kier alpha value is -2.11. The second-order valence-electron chi connectivity index (χ2n) is 7.80. The van der Waals surface area contributed by atoms with E-state index >= 15 is 0 Å². The number of hydrogen-bond acceptors (Lipinski definition) is 3. The zero-order valence-corrected chi connectivity index (χ0v) is 14.3. The second kappa shape index (κ2) is 5.71. The van der Waals surface area contributed by atoms with Gasteiger partial charge in [-0.05, 0) is 11.6 Å². The molecule has 1 aromatic carbocycles. The second-order valence-corrected chi connectivity index (χ2v) is 7.80. The van der Waals surface area contributed by atoms with E-state index in [1.807, 2.05) is 6.07 Å². The molecule has 4 fully saturated rings. The minimum absolute atomic E-state index is 0.0229. The van der Waals surface area contributed by atoms with Gasteiger partial charge in [0.15, 0.2) is 0 Å². The fraction of sp³-hybridized carbons (Fsp3) is 0.450. The summed E-state index contributed by atoms with van der Waals surface area (Å²) in [4.78, 5) is 21.0. The molecule has 4 aliphatic rings. The highest BCUT2D eigenvalue weighted by molar-refractivity contribution is 5.94. The first kappa shape index (κ1) is 15.2. The summed E-state index contributed by atoms with van der Waals surface area (Å²) >= 11 is 0. The first-order chi connectivity index (χ1) is 12.2. The van der Waals surface area contributed by atoms with Crippen molar-refractivity contribution in [3.8, 4) is 0 Å². The lowest BCUT2D eigenvalue weighted by atomic mass is 9.64. The molecule has 1 aromatic heterocycles. The van der Waals surface area contributed by atoms with Gasteiger partial charge in [-0.3, -0.25) is 4.79 Å². The number of rotatable bonds is 3. The number of nitrogens with one attached hydrogen (secondary N) is 2. The Kier molecular flexibility index (Phi) is 3.47. The largest absolute Gasteiger partial charge is 0.367 e. The molecule has 3 atom stereocenters. The summed E-state index contributed by atoms with van der Waals surface area (Å²) in [6.07, 6.45) is 3.58. The van der Waals surface area contributed by atoms with Crippen molar-refractivity contribution in [3.63, 3.8) is 0 Å². The minimum atomic E-state index is -0.0229. The van der Waals surface area contributed by atoms with Gasteiger partial charge < -0.3 is 20.1 Å². The quantitative estimate of drug-likeness (QED) is 0.889. The molecule has 1 amide bonds. The molecule has 25 heavy (non-hydrogen) atoms. The fourth-order valence-electron chi connectivity index (χ4n) is 5.26. The molecule has 0 aliphatic carbocycles. The summed E-state index contributed by atoms with van der Waals surface area (Å²) in [5.41, 5.74) is 2.05. The number of aromatic amines is 1. The molecular weight excluding hydrogens is 312 g/mol. The number of carbonyl (C=O) groups excluding carboxylic acids is 1. The van der Waals surface area contributed by atoms with Crippen molar-refractivity contribution in [2.75, 3.05) is 39.3 Å². The van der Waals surface area contributed by atoms with Crippen molar-refractivity contribution in [2.45, 2.75) is 11.5 Å². The van der Waals surface area contributed by atoms with Gasteiger partial charge in [0.2, 0.25) is 0 Å². The summed E-state index contributed by atoms with van der Waals surface area (Å²) in [5.74, 6) is 0.519. The molecule has 6 rings (SSSR count). The van der Waals surface area contributed by atoms with Crippen LogP contribution in [0.15, 0.2) is 48.8 Å². The van der Waals surface area contributed by atoms with Crippen LogP contribution in [-0.2, 0) is 5.41 Å². The minimum Gasteiger partial charge on any atom is -0.367 e. The van der Waals surface area contributed by atoms with Crippen LogP contribution in [0.4, 0.5) is 0 Å². The van der Waals surface area contributed by atoms with Crippen molar-refractivity contribution in [2.24, 2.45) is 5.92 Å². The normalized spacial score (nSPS) is 36.2. The van der Waals surface area contributed by atoms with Crippen LogP contribution >= 0.6 is 0 Å². The lowest BCUT2D eigenvalue weighted by Gasteiger charge is -2.55. The number of carbonyl (C=O) groups is 1. The van der Waals surface area contributed by atoms with Crippen LogP contribution in [0.5, 0.6) is 0 Å². The predicted molar refractivity (Wildman–Crippen MR) is 96.5 cm³/mol. The van der Waals surface area contributed by atoms with Crippen molar-refractivity contribution >= 4 is 5.91 Å². The molecule has 0 radical (unpaired) electrons. The number of amides is 1. The number of benzene rings is 1. The molecule has 2 N–H and O–H groups in total. The number of H-pyrrole nitrogens is 1. The average Bonchev–Trinajstić information content (AvgIpc) is 3.05. The number of aromatic nitrogens is 1. The molecule has 4 aliphatic heterocycles. The topological polar surface area (TPSA) is 51.4 Å². The van der Waals surface area contributed by atoms with E-state index in [-0.39, 0.29) is 17.4 Å². The first-order valence-electron chi connectivity index (χ1n) is 9.18. The van der Waals surface area contributed by atoms with Gasteiger partial charge in [0.05, 0.1) is 5.56 Å². The molecule has 130 valence electrons. The van der Waals surface area contributed by atoms with E-state index in [9.17, 15) is 4.79 Å². The summed E-state index contributed by atoms with van der Waals surface area (Å²) < 4.78 is 0. The lowest BCUT2D eigenvalue weighted by Crippen LogP contribution is -2.70. The van der Waals surface area contributed by atoms with Crippen LogP contribution in [0.25, 0.3) is 0 Å². The summed E-state index contributed by atoms with van der Waals surface area (Å²) in [7, 11) is 0. The Morgan fingerprint density at radius 2 is 1.80 bits per heavy atom. The smallest absolute Gasteiger partial charge is 0.253 e. The van der Waals surface area contributed by atoms with Crippen LogP contribution in [0.3, 0.4) is 0 Å². The van der Waals surface area contributed by atoms with E-state index in [1.165, 1.54) is 5.56 Å². The monoisotopic (exact) mass is 336 g/mol. The highest BCUT2D eigenvalue weighted by Gasteiger charge is 2.55. The molecular formula is C20H24N4O. The maximum atomic E-state index is 12.8. The Morgan fingerprint density at radius 1 is 1.08 bits per heavy atom. The van der Waals surface area contributed by atoms with Gasteiger partial charge >= 0.3 is 0 Å². The Bertz CT molecular complexity index is 741. The highest BCUT2D eigenvalue weighted by Crippen LogP contribution is 2.43. The third-order valence-corrected chi connectivity index (χ3v) is 6.29. The number of nitrogens with zero attached hydrogens (tertiary/aromatic N) is 2. The predicted octanol–water partition coefficient (Wildman–Crippen LogP) is 1.31. The van der Waals surface area contributed by atoms with E-state index < -0.39 is 0 Å². The molecule has 0 saturated carbocycles. The molecule has 3 unspecified atom stereocenters. The van der Waals surface area contributed by atoms with Gasteiger partial charge in [-0.25, -0.2) is 0 Å². The molecule has 2 aromatic rings. The molecule has 5 heteroatoms. The number of hydrogen-bond donors (Lipinski definition) is 2. The highest BCUT2D eigenvalue weighted by atomic mass is 16.1. The fourth-order valence-corrected chi connectivity index (χ4v) is 5.26. The zero-order chi connectivity index (χ0) is 16.9. The maximum Gasteiger partial charge on any atom is 0.253 e. The van der Waals surface area contributed by atoms with Gasteiger partial charge in [-0.15, -0.1) is 0 Å². The van der Waals surface area contributed by atoms with Crippen molar-refractivity contribution in [1.82, 2.24) is 20.1 Å². The van der Waals surface area contributed by atoms with Crippen molar-refractivity contribution in [1.29, 1.82) is 0 Å². The first-order valence-corrected chi connectivity index (χ1v) is 9.18. The Balaban J connectivity index is 1.55. The Morgan fingerprint density at radius 3 is 2.44 bits per heavy atom. The maximum absolute atomic E-state index is 12.8. The molecule has 4 bridgehead atoms. The Labute approximate surface area is 148 Å². The number of piperidine rings is 2. The van der Waals surface area contributed by atoms with E-state index in [2.05, 4.69) is 50.4 Å². The van der Waals surface area contributed by atoms with Gasteiger partial charge in [0.1, 0.15) is 0 Å². The lowest BCUT2D eigenvalue weighted by molar-refractivity contribution is 0.0180. The summed E-state index contributed by atoms with van der Waals surface area (Å²) in [6, 6.07) is 12.8. The van der Waals surface area contributed by atoms with Crippen LogP contribution in [0.2, 0.25) is 0 Å². The van der Waals surface area contributed by atoms with Crippen LogP contribution in [0.1, 0.15) is 15.9 Å². The molecule has 0 spiro atoms. The average molecular weight is 336 g/mol. The van der Waals surface area contributed by atoms with Gasteiger partial charge in [0.25, 0.3) is 5.91 Å². The van der Waals surface area contributed by atoms with Gasteiger partial charge in [-0.2, -0.15) is 0 Å². The van der Waals surface area contributed by atoms with E-state index in [4.69, 9.17) is 0 Å². The summed E-state index contributed by atoms with van der Waals surface area (Å²) in [5, 5.41) is 3.42. The van der Waals surface area contributed by atoms with Crippen LogP contribution in [0, 0.1) is 5.92 Å². The molecule has 4 saturated heterocycles. The van der Waals surface area contributed by atoms with Crippen LogP contribution in [-0.4, -0.2) is 66.0 Å². The third kappa shape index (κ3) is 2.41. The van der Waals surface area contributed by atoms with E-state index in [0.29, 0.717) is 5.92 Å². The molecule has 5 heterocycles. The van der Waals surface area contributed by atoms with Crippen LogP contribution < -0.4 is 5.32 Å². The SMILES string of the molecule is O=C(NC1C2CN3CCN(C2)CC1(c1ccccc1)C3)c1cc[nH]c1. The van der Waals surface area contributed by atoms with E-state index in [0.717, 1.165) is 44.8 Å². The number of fused-ring (bicyclic) bond motifs is 1. The van der Waals surface area contributed by atoms with Gasteiger partial charge in [-0.1, -0.05) is 30.3 Å². The summed E-state index contributed by atoms with van der Waals surface area (Å²) in [6.45, 7) is 6.52. The van der Waals surface area contributed by atoms with Gasteiger partial charge in [0, 0.05) is 69.0 Å². The van der Waals surface area contributed by atoms with Crippen molar-refractivity contribution < 1.29 is 4.79 Å². The zero-order valence-electron chi connectivity index (χ0n) is 14.3.